The number of hydrogen-bond acceptors (Lipinski definition) is 7. The molecule has 28 heavy (non-hydrogen) atoms. The van der Waals surface area contributed by atoms with Gasteiger partial charge in [0.15, 0.2) is 11.5 Å². The van der Waals surface area contributed by atoms with E-state index in [-0.39, 0.29) is 27.8 Å². The first-order valence-corrected chi connectivity index (χ1v) is 9.69. The van der Waals surface area contributed by atoms with Crippen LogP contribution in [0.25, 0.3) is 0 Å². The number of benzene rings is 3. The molecule has 0 unspecified atom stereocenters. The van der Waals surface area contributed by atoms with E-state index in [2.05, 4.69) is 10.2 Å². The first-order chi connectivity index (χ1) is 13.4. The van der Waals surface area contributed by atoms with Gasteiger partial charge in [0.1, 0.15) is 16.3 Å². The zero-order chi connectivity index (χ0) is 20.1. The molecule has 0 radical (unpaired) electrons. The Hall–Kier alpha value is -3.39. The number of hydrogen-bond donors (Lipinski definition) is 1. The first kappa shape index (κ1) is 19.4. The fraction of sp³-hybridized carbons (Fsp3) is 0.100. The Bertz CT molecular complexity index is 1110. The Kier molecular flexibility index (Phi) is 5.60. The minimum absolute atomic E-state index is 0.0310. The maximum Gasteiger partial charge on any atom is 0.341 e. The molecule has 8 heteroatoms. The predicted molar refractivity (Wildman–Crippen MR) is 104 cm³/mol. The largest absolute Gasteiger partial charge is 0.504 e. The van der Waals surface area contributed by atoms with Crippen LogP contribution < -0.4 is 8.92 Å². The molecular formula is C20H18N2O5S. The minimum Gasteiger partial charge on any atom is -0.504 e. The molecule has 0 spiro atoms. The van der Waals surface area contributed by atoms with Crippen molar-refractivity contribution < 1.29 is 22.4 Å². The van der Waals surface area contributed by atoms with Crippen LogP contribution in [0.5, 0.6) is 17.2 Å². The number of methoxy groups -OCH3 is 1. The van der Waals surface area contributed by atoms with Crippen molar-refractivity contribution in [3.05, 3.63) is 72.3 Å². The van der Waals surface area contributed by atoms with Crippen LogP contribution in [0, 0.1) is 6.92 Å². The molecule has 7 nitrogen and oxygen atoms in total. The lowest BCUT2D eigenvalue weighted by Gasteiger charge is -2.09. The van der Waals surface area contributed by atoms with E-state index in [0.717, 1.165) is 5.56 Å². The normalized spacial score (nSPS) is 11.5. The van der Waals surface area contributed by atoms with Gasteiger partial charge in [-0.25, -0.2) is 0 Å². The average molecular weight is 398 g/mol. The van der Waals surface area contributed by atoms with Gasteiger partial charge in [-0.1, -0.05) is 24.3 Å². The number of azo groups is 1. The Labute approximate surface area is 163 Å². The standard InChI is InChI=1S/C20H18N2O5S/c1-14-8-11-20(28(24,25)27-16-6-4-3-5-7-16)17(12-14)22-21-15-9-10-18(23)19(13-15)26-2/h3-13,23H,1-2H3. The van der Waals surface area contributed by atoms with Crippen molar-refractivity contribution in [1.82, 2.24) is 0 Å². The lowest BCUT2D eigenvalue weighted by Crippen LogP contribution is -2.10. The maximum atomic E-state index is 12.7. The molecule has 0 aromatic heterocycles. The van der Waals surface area contributed by atoms with Crippen LogP contribution in [0.3, 0.4) is 0 Å². The second-order valence-corrected chi connectivity index (χ2v) is 7.39. The van der Waals surface area contributed by atoms with Crippen LogP contribution in [0.2, 0.25) is 0 Å². The molecule has 0 aliphatic heterocycles. The lowest BCUT2D eigenvalue weighted by molar-refractivity contribution is 0.373. The van der Waals surface area contributed by atoms with E-state index in [1.807, 2.05) is 6.92 Å². The highest BCUT2D eigenvalue weighted by molar-refractivity contribution is 7.87. The van der Waals surface area contributed by atoms with Gasteiger partial charge in [0.2, 0.25) is 0 Å². The summed E-state index contributed by atoms with van der Waals surface area (Å²) in [6.45, 7) is 1.82. The summed E-state index contributed by atoms with van der Waals surface area (Å²) in [5.74, 6) is 0.409. The smallest absolute Gasteiger partial charge is 0.341 e. The van der Waals surface area contributed by atoms with Crippen LogP contribution in [0.15, 0.2) is 81.9 Å². The molecule has 0 aliphatic rings. The molecule has 3 aromatic rings. The van der Waals surface area contributed by atoms with E-state index in [1.54, 1.807) is 42.5 Å². The van der Waals surface area contributed by atoms with E-state index >= 15 is 0 Å². The molecule has 0 heterocycles. The molecule has 0 saturated heterocycles. The zero-order valence-electron chi connectivity index (χ0n) is 15.2. The Morgan fingerprint density at radius 1 is 0.929 bits per heavy atom. The molecule has 3 rings (SSSR count). The quantitative estimate of drug-likeness (QED) is 0.471. The molecule has 1 N–H and O–H groups in total. The molecule has 0 amide bonds. The number of aryl methyl sites for hydroxylation is 1. The van der Waals surface area contributed by atoms with Crippen LogP contribution in [-0.2, 0) is 10.1 Å². The van der Waals surface area contributed by atoms with Crippen LogP contribution in [0.4, 0.5) is 11.4 Å². The van der Waals surface area contributed by atoms with Gasteiger partial charge in [-0.05, 0) is 48.9 Å². The van der Waals surface area contributed by atoms with Gasteiger partial charge in [-0.15, -0.1) is 5.11 Å². The highest BCUT2D eigenvalue weighted by Crippen LogP contribution is 2.33. The molecule has 0 aliphatic carbocycles. The fourth-order valence-corrected chi connectivity index (χ4v) is 3.45. The summed E-state index contributed by atoms with van der Waals surface area (Å²) in [6.07, 6.45) is 0. The van der Waals surface area contributed by atoms with E-state index < -0.39 is 10.1 Å². The second-order valence-electron chi connectivity index (χ2n) is 5.88. The molecule has 0 bridgehead atoms. The van der Waals surface area contributed by atoms with Crippen molar-refractivity contribution in [2.45, 2.75) is 11.8 Å². The average Bonchev–Trinajstić information content (AvgIpc) is 2.67. The number of phenols is 1. The highest BCUT2D eigenvalue weighted by atomic mass is 32.2. The summed E-state index contributed by atoms with van der Waals surface area (Å²) in [7, 11) is -2.68. The van der Waals surface area contributed by atoms with Gasteiger partial charge < -0.3 is 14.0 Å². The Morgan fingerprint density at radius 3 is 2.39 bits per heavy atom. The van der Waals surface area contributed by atoms with Crippen LogP contribution in [-0.4, -0.2) is 20.6 Å². The predicted octanol–water partition coefficient (Wildman–Crippen LogP) is 4.89. The van der Waals surface area contributed by atoms with Gasteiger partial charge in [-0.3, -0.25) is 0 Å². The van der Waals surface area contributed by atoms with E-state index in [1.165, 1.54) is 31.4 Å². The first-order valence-electron chi connectivity index (χ1n) is 8.28. The summed E-state index contributed by atoms with van der Waals surface area (Å²) in [5, 5.41) is 17.8. The van der Waals surface area contributed by atoms with Crippen molar-refractivity contribution in [1.29, 1.82) is 0 Å². The topological polar surface area (TPSA) is 97.6 Å². The van der Waals surface area contributed by atoms with Crippen molar-refractivity contribution in [3.63, 3.8) is 0 Å². The third kappa shape index (κ3) is 4.47. The molecular weight excluding hydrogens is 380 g/mol. The van der Waals surface area contributed by atoms with Crippen molar-refractivity contribution in [3.8, 4) is 17.2 Å². The summed E-state index contributed by atoms with van der Waals surface area (Å²) in [5.41, 5.74) is 1.35. The molecule has 0 saturated carbocycles. The highest BCUT2D eigenvalue weighted by Gasteiger charge is 2.21. The number of para-hydroxylation sites is 1. The zero-order valence-corrected chi connectivity index (χ0v) is 16.1. The van der Waals surface area contributed by atoms with Crippen LogP contribution >= 0.6 is 0 Å². The van der Waals surface area contributed by atoms with E-state index in [4.69, 9.17) is 8.92 Å². The number of ether oxygens (including phenoxy) is 1. The lowest BCUT2D eigenvalue weighted by atomic mass is 10.2. The van der Waals surface area contributed by atoms with Gasteiger partial charge in [0, 0.05) is 6.07 Å². The monoisotopic (exact) mass is 398 g/mol. The van der Waals surface area contributed by atoms with Crippen molar-refractivity contribution >= 4 is 21.5 Å². The third-order valence-corrected chi connectivity index (χ3v) is 5.07. The summed E-state index contributed by atoms with van der Waals surface area (Å²) in [4.78, 5) is -0.101. The maximum absolute atomic E-state index is 12.7. The van der Waals surface area contributed by atoms with Crippen molar-refractivity contribution in [2.24, 2.45) is 10.2 Å². The van der Waals surface area contributed by atoms with Gasteiger partial charge >= 0.3 is 10.1 Å². The van der Waals surface area contributed by atoms with Crippen LogP contribution in [0.1, 0.15) is 5.56 Å². The fourth-order valence-electron chi connectivity index (χ4n) is 2.40. The molecule has 0 fully saturated rings. The molecule has 144 valence electrons. The van der Waals surface area contributed by atoms with Gasteiger partial charge in [0.05, 0.1) is 12.8 Å². The summed E-state index contributed by atoms with van der Waals surface area (Å²) in [6, 6.07) is 17.3. The third-order valence-electron chi connectivity index (χ3n) is 3.77. The number of rotatable bonds is 6. The SMILES string of the molecule is COc1cc(N=Nc2cc(C)ccc2S(=O)(=O)Oc2ccccc2)ccc1O. The Morgan fingerprint density at radius 2 is 1.68 bits per heavy atom. The number of phenolic OH excluding ortho intramolecular Hbond substituents is 1. The second kappa shape index (κ2) is 8.10. The molecule has 3 aromatic carbocycles. The summed E-state index contributed by atoms with van der Waals surface area (Å²) < 4.78 is 35.7. The summed E-state index contributed by atoms with van der Waals surface area (Å²) >= 11 is 0. The van der Waals surface area contributed by atoms with Gasteiger partial charge in [0.25, 0.3) is 0 Å². The van der Waals surface area contributed by atoms with E-state index in [9.17, 15) is 13.5 Å². The Balaban J connectivity index is 1.97. The molecule has 0 atom stereocenters. The number of aromatic hydroxyl groups is 1. The van der Waals surface area contributed by atoms with E-state index in [0.29, 0.717) is 5.69 Å². The van der Waals surface area contributed by atoms with Gasteiger partial charge in [-0.2, -0.15) is 13.5 Å². The minimum atomic E-state index is -4.10. The van der Waals surface area contributed by atoms with Crippen molar-refractivity contribution in [2.75, 3.05) is 7.11 Å². The number of nitrogens with zero attached hydrogens (tertiary/aromatic N) is 2.